The van der Waals surface area contributed by atoms with Crippen LogP contribution in [0.3, 0.4) is 0 Å². The van der Waals surface area contributed by atoms with Crippen LogP contribution in [0.25, 0.3) is 10.4 Å². The van der Waals surface area contributed by atoms with Crippen LogP contribution in [0.2, 0.25) is 0 Å². The summed E-state index contributed by atoms with van der Waals surface area (Å²) in [5.74, 6) is 0. The van der Waals surface area contributed by atoms with E-state index in [-0.39, 0.29) is 18.4 Å². The highest BCUT2D eigenvalue weighted by atomic mass is 16.7. The maximum Gasteiger partial charge on any atom is 0.177 e. The molecule has 0 aromatic carbocycles. The number of rotatable bonds is 1. The van der Waals surface area contributed by atoms with E-state index < -0.39 is 0 Å². The molecule has 3 atom stereocenters. The molecule has 58 valence electrons. The van der Waals surface area contributed by atoms with Gasteiger partial charge in [-0.05, 0) is 11.6 Å². The van der Waals surface area contributed by atoms with Gasteiger partial charge >= 0.3 is 0 Å². The fourth-order valence-electron chi connectivity index (χ4n) is 1.22. The lowest BCUT2D eigenvalue weighted by molar-refractivity contribution is -0.0281. The normalized spacial score (nSPS) is 40.2. The van der Waals surface area contributed by atoms with E-state index in [0.717, 1.165) is 0 Å². The standard InChI is InChI=1S/C6H7N3O2/c7-9-8-4-1-2-6-10-3-5(4)11-6/h1-2,4-6H,3H2. The van der Waals surface area contributed by atoms with Crippen molar-refractivity contribution in [2.24, 2.45) is 5.11 Å². The average Bonchev–Trinajstić information content (AvgIpc) is 2.40. The maximum atomic E-state index is 8.17. The average molecular weight is 153 g/mol. The Bertz CT molecular complexity index is 234. The topological polar surface area (TPSA) is 67.2 Å². The molecule has 2 aliphatic heterocycles. The number of azide groups is 1. The van der Waals surface area contributed by atoms with Crippen LogP contribution in [0.4, 0.5) is 0 Å². The van der Waals surface area contributed by atoms with Crippen LogP contribution in [0.15, 0.2) is 17.3 Å². The van der Waals surface area contributed by atoms with Gasteiger partial charge in [0.15, 0.2) is 6.29 Å². The minimum Gasteiger partial charge on any atom is -0.346 e. The molecule has 5 nitrogen and oxygen atoms in total. The highest BCUT2D eigenvalue weighted by Gasteiger charge is 2.33. The zero-order valence-corrected chi connectivity index (χ0v) is 5.75. The lowest BCUT2D eigenvalue weighted by atomic mass is 10.1. The summed E-state index contributed by atoms with van der Waals surface area (Å²) < 4.78 is 10.4. The zero-order chi connectivity index (χ0) is 7.68. The number of nitrogens with zero attached hydrogens (tertiary/aromatic N) is 3. The fraction of sp³-hybridized carbons (Fsp3) is 0.667. The van der Waals surface area contributed by atoms with Crippen molar-refractivity contribution >= 4 is 0 Å². The molecular formula is C6H7N3O2. The molecule has 2 rings (SSSR count). The molecule has 0 N–H and O–H groups in total. The van der Waals surface area contributed by atoms with Gasteiger partial charge in [0.25, 0.3) is 0 Å². The van der Waals surface area contributed by atoms with Crippen LogP contribution < -0.4 is 0 Å². The van der Waals surface area contributed by atoms with Gasteiger partial charge in [-0.3, -0.25) is 0 Å². The zero-order valence-electron chi connectivity index (χ0n) is 5.75. The van der Waals surface area contributed by atoms with Gasteiger partial charge < -0.3 is 9.47 Å². The Kier molecular flexibility index (Phi) is 1.54. The van der Waals surface area contributed by atoms with Crippen molar-refractivity contribution in [3.63, 3.8) is 0 Å². The monoisotopic (exact) mass is 153 g/mol. The van der Waals surface area contributed by atoms with Gasteiger partial charge in [-0.25, -0.2) is 0 Å². The molecule has 1 saturated heterocycles. The minimum absolute atomic E-state index is 0.0825. The molecule has 0 saturated carbocycles. The molecule has 2 bridgehead atoms. The summed E-state index contributed by atoms with van der Waals surface area (Å²) in [7, 11) is 0. The fourth-order valence-corrected chi connectivity index (χ4v) is 1.22. The van der Waals surface area contributed by atoms with E-state index in [4.69, 9.17) is 15.0 Å². The molecule has 0 radical (unpaired) electrons. The first-order chi connectivity index (χ1) is 5.40. The molecule has 5 heteroatoms. The SMILES string of the molecule is [N-]=[N+]=NC1C=CC2OCC1O2. The van der Waals surface area contributed by atoms with E-state index in [2.05, 4.69) is 10.0 Å². The Hall–Kier alpha value is -1.03. The van der Waals surface area contributed by atoms with Crippen LogP contribution in [-0.4, -0.2) is 25.0 Å². The van der Waals surface area contributed by atoms with Crippen molar-refractivity contribution in [3.8, 4) is 0 Å². The predicted molar refractivity (Wildman–Crippen MR) is 36.7 cm³/mol. The van der Waals surface area contributed by atoms with E-state index in [1.165, 1.54) is 0 Å². The second-order valence-corrected chi connectivity index (χ2v) is 2.46. The van der Waals surface area contributed by atoms with E-state index in [9.17, 15) is 0 Å². The van der Waals surface area contributed by atoms with Gasteiger partial charge in [0.05, 0.1) is 18.8 Å². The van der Waals surface area contributed by atoms with Crippen LogP contribution in [0, 0.1) is 0 Å². The van der Waals surface area contributed by atoms with Crippen molar-refractivity contribution in [1.82, 2.24) is 0 Å². The van der Waals surface area contributed by atoms with Crippen LogP contribution >= 0.6 is 0 Å². The second kappa shape index (κ2) is 2.54. The van der Waals surface area contributed by atoms with E-state index in [0.29, 0.717) is 6.61 Å². The molecule has 0 aromatic rings. The van der Waals surface area contributed by atoms with Crippen molar-refractivity contribution in [3.05, 3.63) is 22.6 Å². The van der Waals surface area contributed by atoms with Gasteiger partial charge in [-0.1, -0.05) is 11.2 Å². The Labute approximate surface area is 63.2 Å². The van der Waals surface area contributed by atoms with Gasteiger partial charge in [-0.2, -0.15) is 0 Å². The highest BCUT2D eigenvalue weighted by molar-refractivity contribution is 5.06. The predicted octanol–water partition coefficient (Wildman–Crippen LogP) is 0.977. The van der Waals surface area contributed by atoms with E-state index in [1.54, 1.807) is 6.08 Å². The van der Waals surface area contributed by atoms with Gasteiger partial charge in [0, 0.05) is 4.91 Å². The Morgan fingerprint density at radius 2 is 2.45 bits per heavy atom. The van der Waals surface area contributed by atoms with E-state index >= 15 is 0 Å². The van der Waals surface area contributed by atoms with Crippen molar-refractivity contribution < 1.29 is 9.47 Å². The van der Waals surface area contributed by atoms with Gasteiger partial charge in [-0.15, -0.1) is 0 Å². The molecule has 3 unspecified atom stereocenters. The summed E-state index contributed by atoms with van der Waals surface area (Å²) in [5, 5.41) is 3.55. The van der Waals surface area contributed by atoms with E-state index in [1.807, 2.05) is 6.08 Å². The summed E-state index contributed by atoms with van der Waals surface area (Å²) >= 11 is 0. The third kappa shape index (κ3) is 1.09. The quantitative estimate of drug-likeness (QED) is 0.244. The van der Waals surface area contributed by atoms with Crippen molar-refractivity contribution in [2.45, 2.75) is 18.4 Å². The molecule has 0 amide bonds. The lowest BCUT2D eigenvalue weighted by Crippen LogP contribution is -2.27. The smallest absolute Gasteiger partial charge is 0.177 e. The van der Waals surface area contributed by atoms with Crippen LogP contribution in [0.1, 0.15) is 0 Å². The summed E-state index contributed by atoms with van der Waals surface area (Å²) in [6.45, 7) is 0.515. The minimum atomic E-state index is -0.217. The van der Waals surface area contributed by atoms with Crippen molar-refractivity contribution in [2.75, 3.05) is 6.61 Å². The third-order valence-corrected chi connectivity index (χ3v) is 1.76. The Balaban J connectivity index is 2.18. The van der Waals surface area contributed by atoms with Crippen LogP contribution in [-0.2, 0) is 9.47 Å². The maximum absolute atomic E-state index is 8.17. The lowest BCUT2D eigenvalue weighted by Gasteiger charge is -2.17. The Morgan fingerprint density at radius 1 is 1.55 bits per heavy atom. The third-order valence-electron chi connectivity index (χ3n) is 1.76. The molecule has 0 spiro atoms. The Morgan fingerprint density at radius 3 is 3.27 bits per heavy atom. The first-order valence-electron chi connectivity index (χ1n) is 3.40. The summed E-state index contributed by atoms with van der Waals surface area (Å²) in [4.78, 5) is 2.71. The molecular weight excluding hydrogens is 146 g/mol. The van der Waals surface area contributed by atoms with Gasteiger partial charge in [0.1, 0.15) is 0 Å². The summed E-state index contributed by atoms with van der Waals surface area (Å²) in [6, 6.07) is -0.196. The summed E-state index contributed by atoms with van der Waals surface area (Å²) in [6.07, 6.45) is 3.29. The number of fused-ring (bicyclic) bond motifs is 2. The van der Waals surface area contributed by atoms with Gasteiger partial charge in [0.2, 0.25) is 0 Å². The van der Waals surface area contributed by atoms with Crippen molar-refractivity contribution in [1.29, 1.82) is 0 Å². The number of hydrogen-bond donors (Lipinski definition) is 0. The molecule has 0 aliphatic carbocycles. The first-order valence-corrected chi connectivity index (χ1v) is 3.40. The number of ether oxygens (including phenoxy) is 2. The molecule has 2 heterocycles. The highest BCUT2D eigenvalue weighted by Crippen LogP contribution is 2.23. The molecule has 2 aliphatic rings. The summed E-state index contributed by atoms with van der Waals surface area (Å²) in [5.41, 5.74) is 8.17. The largest absolute Gasteiger partial charge is 0.346 e. The van der Waals surface area contributed by atoms with Crippen LogP contribution in [0.5, 0.6) is 0 Å². The number of hydrogen-bond acceptors (Lipinski definition) is 3. The molecule has 1 fully saturated rings. The first kappa shape index (κ1) is 6.67. The molecule has 11 heavy (non-hydrogen) atoms. The second-order valence-electron chi connectivity index (χ2n) is 2.46. The molecule has 0 aromatic heterocycles.